The lowest BCUT2D eigenvalue weighted by molar-refractivity contribution is -0.122. The molecule has 0 aromatic heterocycles. The number of ether oxygens (including phenoxy) is 3. The summed E-state index contributed by atoms with van der Waals surface area (Å²) >= 11 is 5.99. The topological polar surface area (TPSA) is 56.8 Å². The zero-order valence-corrected chi connectivity index (χ0v) is 14.8. The van der Waals surface area contributed by atoms with Gasteiger partial charge in [0.05, 0.1) is 19.9 Å². The summed E-state index contributed by atoms with van der Waals surface area (Å²) in [4.78, 5) is 12.3. The second-order valence-electron chi connectivity index (χ2n) is 5.23. The van der Waals surface area contributed by atoms with Gasteiger partial charge in [-0.2, -0.15) is 0 Å². The van der Waals surface area contributed by atoms with Crippen molar-refractivity contribution in [2.24, 2.45) is 0 Å². The predicted molar refractivity (Wildman–Crippen MR) is 94.5 cm³/mol. The van der Waals surface area contributed by atoms with Gasteiger partial charge < -0.3 is 19.5 Å². The molecule has 1 N–H and O–H groups in total. The first-order chi connectivity index (χ1) is 11.4. The number of methoxy groups -OCH3 is 2. The Morgan fingerprint density at radius 2 is 1.79 bits per heavy atom. The highest BCUT2D eigenvalue weighted by Gasteiger charge is 2.17. The summed E-state index contributed by atoms with van der Waals surface area (Å²) in [5.74, 6) is 1.45. The summed E-state index contributed by atoms with van der Waals surface area (Å²) < 4.78 is 16.1. The van der Waals surface area contributed by atoms with E-state index in [2.05, 4.69) is 5.32 Å². The molecule has 6 heteroatoms. The maximum atomic E-state index is 12.3. The van der Waals surface area contributed by atoms with Crippen LogP contribution in [0.5, 0.6) is 17.2 Å². The maximum absolute atomic E-state index is 12.3. The van der Waals surface area contributed by atoms with Crippen LogP contribution in [0.1, 0.15) is 12.5 Å². The Kier molecular flexibility index (Phi) is 5.93. The van der Waals surface area contributed by atoms with E-state index in [0.29, 0.717) is 28.0 Å². The Bertz CT molecular complexity index is 733. The fourth-order valence-electron chi connectivity index (χ4n) is 2.08. The van der Waals surface area contributed by atoms with Gasteiger partial charge in [-0.1, -0.05) is 11.6 Å². The summed E-state index contributed by atoms with van der Waals surface area (Å²) in [6, 6.07) is 10.4. The molecule has 0 unspecified atom stereocenters. The minimum Gasteiger partial charge on any atom is -0.497 e. The normalized spacial score (nSPS) is 11.5. The number of hydrogen-bond acceptors (Lipinski definition) is 4. The third kappa shape index (κ3) is 4.32. The van der Waals surface area contributed by atoms with Crippen LogP contribution in [-0.4, -0.2) is 26.2 Å². The standard InChI is InChI=1S/C18H20ClNO4/c1-11-9-14(5-7-15(11)19)24-12(2)18(21)20-16-8-6-13(22-3)10-17(16)23-4/h5-10,12H,1-4H3,(H,20,21)/t12-/m1/s1. The van der Waals surface area contributed by atoms with Crippen molar-refractivity contribution < 1.29 is 19.0 Å². The van der Waals surface area contributed by atoms with E-state index >= 15 is 0 Å². The molecule has 1 amide bonds. The summed E-state index contributed by atoms with van der Waals surface area (Å²) in [6.45, 7) is 3.55. The first-order valence-corrected chi connectivity index (χ1v) is 7.78. The van der Waals surface area contributed by atoms with Gasteiger partial charge in [0.1, 0.15) is 17.2 Å². The molecule has 0 aliphatic heterocycles. The van der Waals surface area contributed by atoms with Crippen LogP contribution in [0, 0.1) is 6.92 Å². The number of hydrogen-bond donors (Lipinski definition) is 1. The van der Waals surface area contributed by atoms with Crippen molar-refractivity contribution in [2.45, 2.75) is 20.0 Å². The van der Waals surface area contributed by atoms with E-state index in [1.165, 1.54) is 7.11 Å². The van der Waals surface area contributed by atoms with Crippen molar-refractivity contribution in [1.29, 1.82) is 0 Å². The molecular weight excluding hydrogens is 330 g/mol. The molecule has 0 saturated heterocycles. The van der Waals surface area contributed by atoms with Gasteiger partial charge in [-0.3, -0.25) is 4.79 Å². The average molecular weight is 350 g/mol. The lowest BCUT2D eigenvalue weighted by Crippen LogP contribution is -2.30. The molecule has 0 aliphatic rings. The van der Waals surface area contributed by atoms with Crippen molar-refractivity contribution >= 4 is 23.2 Å². The molecule has 0 heterocycles. The van der Waals surface area contributed by atoms with E-state index in [4.69, 9.17) is 25.8 Å². The monoisotopic (exact) mass is 349 g/mol. The van der Waals surface area contributed by atoms with Crippen LogP contribution >= 0.6 is 11.6 Å². The molecule has 128 valence electrons. The molecule has 0 radical (unpaired) electrons. The number of rotatable bonds is 6. The number of carbonyl (C=O) groups is 1. The molecule has 2 rings (SSSR count). The van der Waals surface area contributed by atoms with Crippen LogP contribution in [0.25, 0.3) is 0 Å². The number of amides is 1. The number of halogens is 1. The molecule has 0 spiro atoms. The minimum atomic E-state index is -0.683. The summed E-state index contributed by atoms with van der Waals surface area (Å²) in [5.41, 5.74) is 1.43. The quantitative estimate of drug-likeness (QED) is 0.854. The first kappa shape index (κ1) is 17.9. The summed E-state index contributed by atoms with van der Waals surface area (Å²) in [6.07, 6.45) is -0.683. The van der Waals surface area contributed by atoms with Crippen molar-refractivity contribution in [2.75, 3.05) is 19.5 Å². The molecular formula is C18H20ClNO4. The van der Waals surface area contributed by atoms with Crippen LogP contribution in [0.4, 0.5) is 5.69 Å². The largest absolute Gasteiger partial charge is 0.497 e. The van der Waals surface area contributed by atoms with Gasteiger partial charge in [0, 0.05) is 11.1 Å². The Morgan fingerprint density at radius 3 is 2.42 bits per heavy atom. The second-order valence-corrected chi connectivity index (χ2v) is 5.63. The smallest absolute Gasteiger partial charge is 0.265 e. The molecule has 0 bridgehead atoms. The molecule has 24 heavy (non-hydrogen) atoms. The Hall–Kier alpha value is -2.40. The Labute approximate surface area is 146 Å². The molecule has 2 aromatic carbocycles. The third-order valence-electron chi connectivity index (χ3n) is 3.48. The highest BCUT2D eigenvalue weighted by atomic mass is 35.5. The van der Waals surface area contributed by atoms with Gasteiger partial charge in [-0.15, -0.1) is 0 Å². The SMILES string of the molecule is COc1ccc(NC(=O)[C@@H](C)Oc2ccc(Cl)c(C)c2)c(OC)c1. The van der Waals surface area contributed by atoms with Crippen LogP contribution in [0.15, 0.2) is 36.4 Å². The van der Waals surface area contributed by atoms with E-state index in [1.54, 1.807) is 50.4 Å². The first-order valence-electron chi connectivity index (χ1n) is 7.40. The number of nitrogens with one attached hydrogen (secondary N) is 1. The molecule has 5 nitrogen and oxygen atoms in total. The fourth-order valence-corrected chi connectivity index (χ4v) is 2.20. The van der Waals surface area contributed by atoms with Gasteiger partial charge >= 0.3 is 0 Å². The number of anilines is 1. The number of aryl methyl sites for hydroxylation is 1. The molecule has 1 atom stereocenters. The third-order valence-corrected chi connectivity index (χ3v) is 3.90. The van der Waals surface area contributed by atoms with Gasteiger partial charge in [0.15, 0.2) is 6.10 Å². The highest BCUT2D eigenvalue weighted by Crippen LogP contribution is 2.29. The van der Waals surface area contributed by atoms with Gasteiger partial charge in [-0.25, -0.2) is 0 Å². The van der Waals surface area contributed by atoms with Crippen molar-refractivity contribution in [1.82, 2.24) is 0 Å². The van der Waals surface area contributed by atoms with Gasteiger partial charge in [-0.05, 0) is 49.7 Å². The van der Waals surface area contributed by atoms with Crippen LogP contribution in [0.3, 0.4) is 0 Å². The molecule has 0 aliphatic carbocycles. The zero-order chi connectivity index (χ0) is 17.7. The van der Waals surface area contributed by atoms with Crippen LogP contribution in [0.2, 0.25) is 5.02 Å². The van der Waals surface area contributed by atoms with E-state index in [1.807, 2.05) is 6.92 Å². The van der Waals surface area contributed by atoms with Crippen LogP contribution < -0.4 is 19.5 Å². The number of benzene rings is 2. The lowest BCUT2D eigenvalue weighted by Gasteiger charge is -2.17. The number of carbonyl (C=O) groups excluding carboxylic acids is 1. The second kappa shape index (κ2) is 7.93. The Balaban J connectivity index is 2.07. The van der Waals surface area contributed by atoms with Crippen LogP contribution in [-0.2, 0) is 4.79 Å². The van der Waals surface area contributed by atoms with E-state index in [0.717, 1.165) is 5.56 Å². The fraction of sp³-hybridized carbons (Fsp3) is 0.278. The van der Waals surface area contributed by atoms with E-state index < -0.39 is 6.10 Å². The van der Waals surface area contributed by atoms with Crippen molar-refractivity contribution in [3.63, 3.8) is 0 Å². The average Bonchev–Trinajstić information content (AvgIpc) is 2.58. The predicted octanol–water partition coefficient (Wildman–Crippen LogP) is 4.07. The summed E-state index contributed by atoms with van der Waals surface area (Å²) in [5, 5.41) is 3.44. The zero-order valence-electron chi connectivity index (χ0n) is 14.1. The van der Waals surface area contributed by atoms with E-state index in [-0.39, 0.29) is 5.91 Å². The van der Waals surface area contributed by atoms with Crippen molar-refractivity contribution in [3.05, 3.63) is 47.0 Å². The van der Waals surface area contributed by atoms with Gasteiger partial charge in [0.2, 0.25) is 0 Å². The van der Waals surface area contributed by atoms with E-state index in [9.17, 15) is 4.79 Å². The minimum absolute atomic E-state index is 0.286. The Morgan fingerprint density at radius 1 is 1.08 bits per heavy atom. The lowest BCUT2D eigenvalue weighted by atomic mass is 10.2. The highest BCUT2D eigenvalue weighted by molar-refractivity contribution is 6.31. The van der Waals surface area contributed by atoms with Gasteiger partial charge in [0.25, 0.3) is 5.91 Å². The van der Waals surface area contributed by atoms with Crippen molar-refractivity contribution in [3.8, 4) is 17.2 Å². The maximum Gasteiger partial charge on any atom is 0.265 e. The molecule has 0 saturated carbocycles. The molecule has 0 fully saturated rings. The molecule has 2 aromatic rings. The summed E-state index contributed by atoms with van der Waals surface area (Å²) in [7, 11) is 3.10.